The van der Waals surface area contributed by atoms with Crippen molar-refractivity contribution in [1.82, 2.24) is 5.32 Å². The predicted octanol–water partition coefficient (Wildman–Crippen LogP) is 6.81. The molecular formula is C30H40Cl3NO6Si. The van der Waals surface area contributed by atoms with Gasteiger partial charge in [-0.1, -0.05) is 83.3 Å². The number of carbonyl (C=O) groups excluding carboxylic acids is 1. The van der Waals surface area contributed by atoms with Crippen LogP contribution in [-0.2, 0) is 36.6 Å². The minimum atomic E-state index is -2.25. The van der Waals surface area contributed by atoms with E-state index in [1.54, 1.807) is 13.2 Å². The number of halogens is 3. The molecule has 11 heteroatoms. The molecule has 7 nitrogen and oxygen atoms in total. The van der Waals surface area contributed by atoms with E-state index in [4.69, 9.17) is 58.2 Å². The maximum atomic E-state index is 13.0. The Morgan fingerprint density at radius 2 is 1.73 bits per heavy atom. The number of benzene rings is 2. The molecule has 3 rings (SSSR count). The van der Waals surface area contributed by atoms with Gasteiger partial charge in [0.1, 0.15) is 11.3 Å². The Bertz CT molecular complexity index is 1140. The molecular weight excluding hydrogens is 605 g/mol. The summed E-state index contributed by atoms with van der Waals surface area (Å²) in [4.78, 5) is 13.0. The lowest BCUT2D eigenvalue weighted by Gasteiger charge is -2.58. The number of ether oxygens (including phenoxy) is 4. The number of amides is 1. The van der Waals surface area contributed by atoms with E-state index in [0.717, 1.165) is 16.9 Å². The number of hydrogen-bond acceptors (Lipinski definition) is 6. The van der Waals surface area contributed by atoms with Gasteiger partial charge in [0, 0.05) is 12.5 Å². The molecule has 1 fully saturated rings. The van der Waals surface area contributed by atoms with Gasteiger partial charge >= 0.3 is 0 Å². The van der Waals surface area contributed by atoms with Crippen molar-refractivity contribution >= 4 is 49.0 Å². The fraction of sp³-hybridized carbons (Fsp3) is 0.500. The predicted molar refractivity (Wildman–Crippen MR) is 166 cm³/mol. The van der Waals surface area contributed by atoms with Gasteiger partial charge in [0.05, 0.1) is 32.5 Å². The molecule has 4 atom stereocenters. The van der Waals surface area contributed by atoms with E-state index in [1.807, 2.05) is 61.5 Å². The zero-order valence-corrected chi connectivity index (χ0v) is 27.5. The van der Waals surface area contributed by atoms with Crippen LogP contribution in [0.3, 0.4) is 0 Å². The second-order valence-electron chi connectivity index (χ2n) is 11.2. The summed E-state index contributed by atoms with van der Waals surface area (Å²) in [6.07, 6.45) is 1.43. The lowest BCUT2D eigenvalue weighted by Crippen LogP contribution is -2.75. The molecule has 226 valence electrons. The second kappa shape index (κ2) is 14.2. The van der Waals surface area contributed by atoms with Gasteiger partial charge in [0.2, 0.25) is 0 Å². The third-order valence-corrected chi connectivity index (χ3v) is 8.67. The molecule has 1 aliphatic heterocycles. The number of carbonyl (C=O) groups is 1. The first kappa shape index (κ1) is 33.9. The molecule has 1 saturated heterocycles. The van der Waals surface area contributed by atoms with Crippen LogP contribution >= 0.6 is 34.8 Å². The SMILES string of the molecule is C=C[C@]1(NC(=O)C(Cl)(Cl)Cl)COC(OCc2ccc(OC)cc2)C(CCOCc2ccccc2)[C@]1(C)O[Si](C)(C)C. The highest BCUT2D eigenvalue weighted by molar-refractivity contribution is 6.76. The van der Waals surface area contributed by atoms with Crippen LogP contribution in [0.1, 0.15) is 24.5 Å². The summed E-state index contributed by atoms with van der Waals surface area (Å²) in [5, 5.41) is 2.90. The van der Waals surface area contributed by atoms with Crippen molar-refractivity contribution in [1.29, 1.82) is 0 Å². The largest absolute Gasteiger partial charge is 0.497 e. The van der Waals surface area contributed by atoms with E-state index >= 15 is 0 Å². The Hall–Kier alpha value is -1.62. The van der Waals surface area contributed by atoms with Gasteiger partial charge < -0.3 is 28.7 Å². The topological polar surface area (TPSA) is 75.3 Å². The van der Waals surface area contributed by atoms with Crippen molar-refractivity contribution in [2.75, 3.05) is 20.3 Å². The van der Waals surface area contributed by atoms with Gasteiger partial charge in [-0.05, 0) is 56.2 Å². The second-order valence-corrected chi connectivity index (χ2v) is 17.9. The smallest absolute Gasteiger partial charge is 0.273 e. The average molecular weight is 645 g/mol. The van der Waals surface area contributed by atoms with E-state index in [0.29, 0.717) is 26.2 Å². The normalized spacial score (nSPS) is 25.0. The summed E-state index contributed by atoms with van der Waals surface area (Å²) in [7, 11) is -0.628. The van der Waals surface area contributed by atoms with Gasteiger partial charge in [-0.2, -0.15) is 0 Å². The van der Waals surface area contributed by atoms with Gasteiger partial charge in [0.25, 0.3) is 9.70 Å². The van der Waals surface area contributed by atoms with E-state index < -0.39 is 41.4 Å². The first-order valence-electron chi connectivity index (χ1n) is 13.4. The maximum Gasteiger partial charge on any atom is 0.273 e. The molecule has 1 aliphatic rings. The molecule has 1 amide bonds. The van der Waals surface area contributed by atoms with E-state index in [1.165, 1.54) is 0 Å². The number of rotatable bonds is 13. The van der Waals surface area contributed by atoms with Crippen molar-refractivity contribution in [2.45, 2.75) is 67.4 Å². The minimum absolute atomic E-state index is 0.00137. The molecule has 2 unspecified atom stereocenters. The lowest BCUT2D eigenvalue weighted by atomic mass is 9.69. The number of methoxy groups -OCH3 is 1. The maximum absolute atomic E-state index is 13.0. The first-order valence-corrected chi connectivity index (χ1v) is 18.0. The average Bonchev–Trinajstić information content (AvgIpc) is 2.91. The first-order chi connectivity index (χ1) is 19.2. The van der Waals surface area contributed by atoms with Crippen molar-refractivity contribution in [3.05, 3.63) is 78.4 Å². The Balaban J connectivity index is 1.93. The van der Waals surface area contributed by atoms with Gasteiger partial charge in [-0.25, -0.2) is 0 Å². The highest BCUT2D eigenvalue weighted by Gasteiger charge is 2.61. The molecule has 0 spiro atoms. The van der Waals surface area contributed by atoms with Crippen LogP contribution in [-0.4, -0.2) is 55.8 Å². The highest BCUT2D eigenvalue weighted by atomic mass is 35.6. The zero-order chi connectivity index (χ0) is 30.3. The molecule has 1 heterocycles. The zero-order valence-electron chi connectivity index (χ0n) is 24.3. The summed E-state index contributed by atoms with van der Waals surface area (Å²) in [5.74, 6) is -0.438. The molecule has 0 saturated carbocycles. The van der Waals surface area contributed by atoms with Gasteiger partial charge in [-0.15, -0.1) is 6.58 Å². The van der Waals surface area contributed by atoms with Crippen LogP contribution in [0.15, 0.2) is 67.3 Å². The standard InChI is InChI=1S/C30H40Cl3NO6Si/c1-7-29(34-27(35)30(31,32)33)21-39-26(38-20-23-13-15-24(36-3)16-14-23)25(28(29,2)40-41(4,5)6)17-18-37-19-22-11-9-8-10-12-22/h7-16,25-26H,1,17-21H2,2-6H3,(H,34,35)/t25?,26?,28-,29-/m0/s1. The molecule has 0 radical (unpaired) electrons. The Morgan fingerprint density at radius 1 is 1.10 bits per heavy atom. The fourth-order valence-electron chi connectivity index (χ4n) is 5.06. The van der Waals surface area contributed by atoms with Crippen molar-refractivity contribution < 1.29 is 28.2 Å². The van der Waals surface area contributed by atoms with Crippen LogP contribution in [0.4, 0.5) is 0 Å². The number of alkyl halides is 3. The van der Waals surface area contributed by atoms with E-state index in [2.05, 4.69) is 31.5 Å². The Morgan fingerprint density at radius 3 is 2.29 bits per heavy atom. The van der Waals surface area contributed by atoms with E-state index in [9.17, 15) is 4.79 Å². The summed E-state index contributed by atoms with van der Waals surface area (Å²) >= 11 is 17.9. The number of hydrogen-bond donors (Lipinski definition) is 1. The van der Waals surface area contributed by atoms with Crippen molar-refractivity contribution in [3.8, 4) is 5.75 Å². The molecule has 2 aromatic carbocycles. The van der Waals surface area contributed by atoms with Crippen LogP contribution in [0.5, 0.6) is 5.75 Å². The Kier molecular flexibility index (Phi) is 11.8. The molecule has 0 aliphatic carbocycles. The van der Waals surface area contributed by atoms with Crippen LogP contribution in [0.2, 0.25) is 19.6 Å². The molecule has 41 heavy (non-hydrogen) atoms. The lowest BCUT2D eigenvalue weighted by molar-refractivity contribution is -0.272. The minimum Gasteiger partial charge on any atom is -0.497 e. The summed E-state index contributed by atoms with van der Waals surface area (Å²) in [6, 6.07) is 17.6. The van der Waals surface area contributed by atoms with Crippen LogP contribution in [0, 0.1) is 5.92 Å². The molecule has 1 N–H and O–H groups in total. The van der Waals surface area contributed by atoms with Crippen molar-refractivity contribution in [3.63, 3.8) is 0 Å². The van der Waals surface area contributed by atoms with Crippen LogP contribution < -0.4 is 10.1 Å². The molecule has 2 aromatic rings. The summed E-state index contributed by atoms with van der Waals surface area (Å²) in [6.45, 7) is 13.4. The number of nitrogens with one attached hydrogen (secondary N) is 1. The molecule has 0 aromatic heterocycles. The highest BCUT2D eigenvalue weighted by Crippen LogP contribution is 2.46. The summed E-state index contributed by atoms with van der Waals surface area (Å²) < 4.78 is 28.8. The van der Waals surface area contributed by atoms with Gasteiger partial charge in [0.15, 0.2) is 14.6 Å². The van der Waals surface area contributed by atoms with Crippen LogP contribution in [0.25, 0.3) is 0 Å². The fourth-order valence-corrected chi connectivity index (χ4v) is 6.81. The van der Waals surface area contributed by atoms with Gasteiger partial charge in [-0.3, -0.25) is 4.79 Å². The quantitative estimate of drug-likeness (QED) is 0.112. The third-order valence-electron chi connectivity index (χ3n) is 7.12. The third kappa shape index (κ3) is 8.94. The van der Waals surface area contributed by atoms with E-state index in [-0.39, 0.29) is 6.61 Å². The monoisotopic (exact) mass is 643 g/mol. The molecule has 0 bridgehead atoms. The Labute approximate surface area is 259 Å². The summed E-state index contributed by atoms with van der Waals surface area (Å²) in [5.41, 5.74) is -0.259. The van der Waals surface area contributed by atoms with Crippen molar-refractivity contribution in [2.24, 2.45) is 5.92 Å².